The van der Waals surface area contributed by atoms with Crippen molar-refractivity contribution in [1.29, 1.82) is 0 Å². The van der Waals surface area contributed by atoms with E-state index in [0.717, 1.165) is 36.1 Å². The number of para-hydroxylation sites is 1. The Labute approximate surface area is 122 Å². The van der Waals surface area contributed by atoms with Crippen LogP contribution < -0.4 is 10.0 Å². The largest absolute Gasteiger partial charge is 0.316 e. The van der Waals surface area contributed by atoms with Gasteiger partial charge in [0.05, 0.1) is 10.2 Å². The van der Waals surface area contributed by atoms with Gasteiger partial charge in [-0.1, -0.05) is 12.1 Å². The van der Waals surface area contributed by atoms with Crippen LogP contribution >= 0.6 is 11.3 Å². The van der Waals surface area contributed by atoms with Crippen molar-refractivity contribution in [3.8, 4) is 0 Å². The van der Waals surface area contributed by atoms with Crippen LogP contribution in [0.4, 0.5) is 0 Å². The van der Waals surface area contributed by atoms with Gasteiger partial charge in [0.2, 0.25) is 4.34 Å². The van der Waals surface area contributed by atoms with Crippen LogP contribution in [0.25, 0.3) is 10.2 Å². The molecule has 20 heavy (non-hydrogen) atoms. The molecule has 1 atom stereocenters. The summed E-state index contributed by atoms with van der Waals surface area (Å²) in [4.78, 5) is 4.20. The number of piperidine rings is 1. The van der Waals surface area contributed by atoms with E-state index in [9.17, 15) is 8.42 Å². The third-order valence-corrected chi connectivity index (χ3v) is 6.30. The van der Waals surface area contributed by atoms with E-state index in [1.54, 1.807) is 0 Å². The summed E-state index contributed by atoms with van der Waals surface area (Å²) in [6.45, 7) is 2.38. The molecule has 3 rings (SSSR count). The summed E-state index contributed by atoms with van der Waals surface area (Å²) in [6.07, 6.45) is 2.17. The minimum atomic E-state index is -3.49. The van der Waals surface area contributed by atoms with Crippen LogP contribution in [-0.2, 0) is 10.0 Å². The Morgan fingerprint density at radius 3 is 3.00 bits per heavy atom. The normalized spacial score (nSPS) is 20.3. The van der Waals surface area contributed by atoms with E-state index < -0.39 is 10.0 Å². The monoisotopic (exact) mass is 311 g/mol. The first-order valence-electron chi connectivity index (χ1n) is 6.71. The van der Waals surface area contributed by atoms with Gasteiger partial charge in [0.15, 0.2) is 0 Å². The highest BCUT2D eigenvalue weighted by Crippen LogP contribution is 2.25. The predicted molar refractivity (Wildman–Crippen MR) is 80.4 cm³/mol. The van der Waals surface area contributed by atoms with Crippen LogP contribution in [0.15, 0.2) is 28.6 Å². The Hall–Kier alpha value is -1.02. The van der Waals surface area contributed by atoms with Gasteiger partial charge in [0.1, 0.15) is 0 Å². The Kier molecular flexibility index (Phi) is 4.02. The van der Waals surface area contributed by atoms with Gasteiger partial charge < -0.3 is 5.32 Å². The fourth-order valence-corrected chi connectivity index (χ4v) is 4.73. The molecule has 1 saturated heterocycles. The molecule has 2 heterocycles. The molecule has 0 bridgehead atoms. The average Bonchev–Trinajstić information content (AvgIpc) is 2.91. The lowest BCUT2D eigenvalue weighted by Gasteiger charge is -2.22. The predicted octanol–water partition coefficient (Wildman–Crippen LogP) is 1.57. The molecule has 1 fully saturated rings. The molecule has 0 radical (unpaired) electrons. The number of benzene rings is 1. The Morgan fingerprint density at radius 2 is 2.25 bits per heavy atom. The minimum Gasteiger partial charge on any atom is -0.316 e. The quantitative estimate of drug-likeness (QED) is 0.899. The first-order valence-corrected chi connectivity index (χ1v) is 9.01. The second-order valence-electron chi connectivity index (χ2n) is 5.01. The van der Waals surface area contributed by atoms with Gasteiger partial charge >= 0.3 is 0 Å². The first kappa shape index (κ1) is 13.9. The number of rotatable bonds is 4. The standard InChI is InChI=1S/C13H17N3O2S2/c17-20(18,15-9-10-4-3-7-14-8-10)13-16-11-5-1-2-6-12(11)19-13/h1-2,5-6,10,14-15H,3-4,7-9H2/t10-/m1/s1. The Bertz CT molecular complexity index is 657. The summed E-state index contributed by atoms with van der Waals surface area (Å²) in [5, 5.41) is 3.28. The zero-order valence-electron chi connectivity index (χ0n) is 11.0. The third kappa shape index (κ3) is 3.01. The highest BCUT2D eigenvalue weighted by molar-refractivity contribution is 7.91. The van der Waals surface area contributed by atoms with Crippen molar-refractivity contribution < 1.29 is 8.42 Å². The highest BCUT2D eigenvalue weighted by Gasteiger charge is 2.21. The molecule has 1 aromatic carbocycles. The molecule has 2 aromatic rings. The molecular formula is C13H17N3O2S2. The number of aromatic nitrogens is 1. The van der Waals surface area contributed by atoms with Gasteiger partial charge in [0, 0.05) is 6.54 Å². The maximum atomic E-state index is 12.3. The van der Waals surface area contributed by atoms with Gasteiger partial charge in [-0.2, -0.15) is 0 Å². The summed E-state index contributed by atoms with van der Waals surface area (Å²) in [5.41, 5.74) is 0.734. The third-order valence-electron chi connectivity index (χ3n) is 3.47. The average molecular weight is 311 g/mol. The van der Waals surface area contributed by atoms with Crippen LogP contribution in [0.1, 0.15) is 12.8 Å². The van der Waals surface area contributed by atoms with E-state index >= 15 is 0 Å². The molecule has 2 N–H and O–H groups in total. The number of hydrogen-bond donors (Lipinski definition) is 2. The molecule has 0 amide bonds. The molecule has 1 aliphatic heterocycles. The summed E-state index contributed by atoms with van der Waals surface area (Å²) >= 11 is 1.21. The number of fused-ring (bicyclic) bond motifs is 1. The van der Waals surface area contributed by atoms with Crippen molar-refractivity contribution in [2.45, 2.75) is 17.2 Å². The van der Waals surface area contributed by atoms with Crippen LogP contribution in [0, 0.1) is 5.92 Å². The van der Waals surface area contributed by atoms with E-state index in [-0.39, 0.29) is 4.34 Å². The molecule has 1 aromatic heterocycles. The molecule has 0 aliphatic carbocycles. The van der Waals surface area contributed by atoms with Gasteiger partial charge in [-0.3, -0.25) is 0 Å². The van der Waals surface area contributed by atoms with Crippen LogP contribution in [0.5, 0.6) is 0 Å². The zero-order chi connectivity index (χ0) is 14.0. The van der Waals surface area contributed by atoms with E-state index in [1.165, 1.54) is 11.3 Å². The van der Waals surface area contributed by atoms with Gasteiger partial charge in [0.25, 0.3) is 10.0 Å². The van der Waals surface area contributed by atoms with E-state index in [0.29, 0.717) is 12.5 Å². The van der Waals surface area contributed by atoms with E-state index in [2.05, 4.69) is 15.0 Å². The number of hydrogen-bond acceptors (Lipinski definition) is 5. The maximum Gasteiger partial charge on any atom is 0.267 e. The smallest absolute Gasteiger partial charge is 0.267 e. The second-order valence-corrected chi connectivity index (χ2v) is 7.98. The Balaban J connectivity index is 1.73. The van der Waals surface area contributed by atoms with Crippen LogP contribution in [0.3, 0.4) is 0 Å². The van der Waals surface area contributed by atoms with Crippen molar-refractivity contribution in [3.63, 3.8) is 0 Å². The molecule has 0 saturated carbocycles. The number of sulfonamides is 1. The highest BCUT2D eigenvalue weighted by atomic mass is 32.2. The van der Waals surface area contributed by atoms with E-state index in [1.807, 2.05) is 24.3 Å². The summed E-state index contributed by atoms with van der Waals surface area (Å²) < 4.78 is 28.3. The lowest BCUT2D eigenvalue weighted by Crippen LogP contribution is -2.38. The molecule has 0 spiro atoms. The lowest BCUT2D eigenvalue weighted by atomic mass is 10.0. The summed E-state index contributed by atoms with van der Waals surface area (Å²) in [5.74, 6) is 0.368. The number of nitrogens with zero attached hydrogens (tertiary/aromatic N) is 1. The molecule has 1 aliphatic rings. The van der Waals surface area contributed by atoms with Gasteiger partial charge in [-0.25, -0.2) is 18.1 Å². The minimum absolute atomic E-state index is 0.155. The van der Waals surface area contributed by atoms with Crippen molar-refractivity contribution in [3.05, 3.63) is 24.3 Å². The molecule has 108 valence electrons. The van der Waals surface area contributed by atoms with Crippen molar-refractivity contribution >= 4 is 31.6 Å². The van der Waals surface area contributed by atoms with Gasteiger partial charge in [-0.05, 0) is 44.0 Å². The molecular weight excluding hydrogens is 294 g/mol. The molecule has 7 heteroatoms. The summed E-state index contributed by atoms with van der Waals surface area (Å²) in [7, 11) is -3.49. The topological polar surface area (TPSA) is 71.1 Å². The van der Waals surface area contributed by atoms with Crippen molar-refractivity contribution in [2.24, 2.45) is 5.92 Å². The fraction of sp³-hybridized carbons (Fsp3) is 0.462. The number of thiazole rings is 1. The SMILES string of the molecule is O=S(=O)(NC[C@@H]1CCCNC1)c1nc2ccccc2s1. The first-order chi connectivity index (χ1) is 9.65. The van der Waals surface area contributed by atoms with Gasteiger partial charge in [-0.15, -0.1) is 11.3 Å². The Morgan fingerprint density at radius 1 is 1.40 bits per heavy atom. The lowest BCUT2D eigenvalue weighted by molar-refractivity contribution is 0.376. The van der Waals surface area contributed by atoms with Crippen LogP contribution in [0.2, 0.25) is 0 Å². The zero-order valence-corrected chi connectivity index (χ0v) is 12.6. The second kappa shape index (κ2) is 5.77. The van der Waals surface area contributed by atoms with Crippen LogP contribution in [-0.4, -0.2) is 33.0 Å². The fourth-order valence-electron chi connectivity index (χ4n) is 2.35. The van der Waals surface area contributed by atoms with Crippen molar-refractivity contribution in [2.75, 3.05) is 19.6 Å². The van der Waals surface area contributed by atoms with Crippen molar-refractivity contribution in [1.82, 2.24) is 15.0 Å². The molecule has 5 nitrogen and oxygen atoms in total. The maximum absolute atomic E-state index is 12.3. The molecule has 0 unspecified atom stereocenters. The van der Waals surface area contributed by atoms with E-state index in [4.69, 9.17) is 0 Å². The number of nitrogens with one attached hydrogen (secondary N) is 2. The summed E-state index contributed by atoms with van der Waals surface area (Å²) in [6, 6.07) is 7.46.